The average molecular weight is 336 g/mol. The van der Waals surface area contributed by atoms with E-state index in [0.717, 1.165) is 31.0 Å². The van der Waals surface area contributed by atoms with Crippen molar-refractivity contribution in [3.8, 4) is 11.6 Å². The summed E-state index contributed by atoms with van der Waals surface area (Å²) in [5.74, 6) is 1.91. The minimum atomic E-state index is 0.944. The zero-order valence-corrected chi connectivity index (χ0v) is 16.0. The summed E-state index contributed by atoms with van der Waals surface area (Å²) in [5, 5.41) is 1.30. The summed E-state index contributed by atoms with van der Waals surface area (Å²) in [5.41, 5.74) is 4.99. The van der Waals surface area contributed by atoms with Crippen LogP contribution < -0.4 is 4.74 Å². The number of benzene rings is 2. The van der Waals surface area contributed by atoms with Crippen LogP contribution in [0.5, 0.6) is 11.6 Å². The molecule has 0 saturated heterocycles. The molecule has 3 nitrogen and oxygen atoms in total. The van der Waals surface area contributed by atoms with Gasteiger partial charge in [0.25, 0.3) is 0 Å². The molecule has 2 aromatic carbocycles. The Kier molecular flexibility index (Phi) is 5.14. The summed E-state index contributed by atoms with van der Waals surface area (Å²) in [6.45, 7) is 5.33. The number of ether oxygens (including phenoxy) is 1. The molecule has 25 heavy (non-hydrogen) atoms. The molecular weight excluding hydrogens is 308 g/mol. The number of aryl methyl sites for hydroxylation is 3. The van der Waals surface area contributed by atoms with E-state index in [4.69, 9.17) is 4.74 Å². The Hall–Kier alpha value is -2.26. The van der Waals surface area contributed by atoms with Gasteiger partial charge in [-0.3, -0.25) is 0 Å². The minimum absolute atomic E-state index is 0.944. The van der Waals surface area contributed by atoms with E-state index in [9.17, 15) is 0 Å². The van der Waals surface area contributed by atoms with Crippen molar-refractivity contribution in [1.82, 2.24) is 9.47 Å². The van der Waals surface area contributed by atoms with Crippen LogP contribution in [0, 0.1) is 13.8 Å². The number of hydrogen-bond donors (Lipinski definition) is 0. The number of para-hydroxylation sites is 1. The molecule has 1 heterocycles. The number of nitrogens with zero attached hydrogens (tertiary/aromatic N) is 2. The fourth-order valence-electron chi connectivity index (χ4n) is 3.33. The predicted octanol–water partition coefficient (Wildman–Crippen LogP) is 5.08. The van der Waals surface area contributed by atoms with E-state index in [-0.39, 0.29) is 0 Å². The van der Waals surface area contributed by atoms with Gasteiger partial charge >= 0.3 is 0 Å². The molecular formula is C22H28N2O. The molecule has 0 unspecified atom stereocenters. The van der Waals surface area contributed by atoms with Crippen LogP contribution in [0.2, 0.25) is 0 Å². The first-order valence-corrected chi connectivity index (χ1v) is 8.94. The van der Waals surface area contributed by atoms with Crippen LogP contribution in [0.25, 0.3) is 10.9 Å². The van der Waals surface area contributed by atoms with Gasteiger partial charge in [0.1, 0.15) is 5.75 Å². The molecule has 0 amide bonds. The molecule has 132 valence electrons. The second-order valence-electron chi connectivity index (χ2n) is 7.07. The van der Waals surface area contributed by atoms with Crippen LogP contribution in [0.1, 0.15) is 23.1 Å². The van der Waals surface area contributed by atoms with Gasteiger partial charge in [0.05, 0.1) is 5.52 Å². The third-order valence-electron chi connectivity index (χ3n) is 4.95. The van der Waals surface area contributed by atoms with Crippen molar-refractivity contribution >= 4 is 10.9 Å². The molecule has 0 aliphatic carbocycles. The maximum Gasteiger partial charge on any atom is 0.204 e. The fraction of sp³-hybridized carbons (Fsp3) is 0.364. The Labute approximate surface area is 150 Å². The zero-order valence-electron chi connectivity index (χ0n) is 16.0. The van der Waals surface area contributed by atoms with E-state index in [2.05, 4.69) is 86.9 Å². The zero-order chi connectivity index (χ0) is 18.0. The Morgan fingerprint density at radius 3 is 2.52 bits per heavy atom. The van der Waals surface area contributed by atoms with Crippen molar-refractivity contribution in [2.75, 3.05) is 20.6 Å². The van der Waals surface area contributed by atoms with E-state index in [1.54, 1.807) is 0 Å². The number of fused-ring (bicyclic) bond motifs is 1. The average Bonchev–Trinajstić information content (AvgIpc) is 2.85. The van der Waals surface area contributed by atoms with Gasteiger partial charge < -0.3 is 14.2 Å². The van der Waals surface area contributed by atoms with Gasteiger partial charge in [-0.05, 0) is 70.6 Å². The van der Waals surface area contributed by atoms with Gasteiger partial charge in [0, 0.05) is 18.0 Å². The molecule has 3 rings (SSSR count). The number of rotatable bonds is 6. The molecule has 0 aliphatic rings. The smallest absolute Gasteiger partial charge is 0.204 e. The van der Waals surface area contributed by atoms with Crippen molar-refractivity contribution in [2.24, 2.45) is 7.05 Å². The molecule has 0 radical (unpaired) electrons. The second kappa shape index (κ2) is 7.32. The Morgan fingerprint density at radius 2 is 1.76 bits per heavy atom. The van der Waals surface area contributed by atoms with Crippen molar-refractivity contribution < 1.29 is 4.74 Å². The highest BCUT2D eigenvalue weighted by molar-refractivity contribution is 5.87. The molecule has 3 heteroatoms. The third-order valence-corrected chi connectivity index (χ3v) is 4.95. The molecule has 1 aromatic heterocycles. The minimum Gasteiger partial charge on any atom is -0.440 e. The van der Waals surface area contributed by atoms with Crippen LogP contribution in [0.15, 0.2) is 42.5 Å². The Balaban J connectivity index is 2.03. The summed E-state index contributed by atoms with van der Waals surface area (Å²) in [7, 11) is 6.34. The van der Waals surface area contributed by atoms with Gasteiger partial charge in [-0.15, -0.1) is 0 Å². The van der Waals surface area contributed by atoms with E-state index in [0.29, 0.717) is 0 Å². The number of hydrogen-bond acceptors (Lipinski definition) is 2. The van der Waals surface area contributed by atoms with Crippen LogP contribution >= 0.6 is 0 Å². The highest BCUT2D eigenvalue weighted by atomic mass is 16.5. The summed E-state index contributed by atoms with van der Waals surface area (Å²) < 4.78 is 8.63. The highest BCUT2D eigenvalue weighted by Crippen LogP contribution is 2.36. The lowest BCUT2D eigenvalue weighted by Gasteiger charge is -2.14. The predicted molar refractivity (Wildman–Crippen MR) is 106 cm³/mol. The SMILES string of the molecule is Cc1cccc(Oc2c(CCCN(C)C)c3ccccc3n2C)c1C. The standard InChI is InChI=1S/C22H28N2O/c1-16-10-8-14-21(17(16)2)25-22-19(12-9-15-23(3)4)18-11-6-7-13-20(18)24(22)5/h6-8,10-11,13-14H,9,12,15H2,1-5H3. The van der Waals surface area contributed by atoms with E-state index < -0.39 is 0 Å². The quantitative estimate of drug-likeness (QED) is 0.624. The molecule has 0 bridgehead atoms. The van der Waals surface area contributed by atoms with Crippen molar-refractivity contribution in [3.05, 3.63) is 59.2 Å². The Morgan fingerprint density at radius 1 is 1.00 bits per heavy atom. The van der Waals surface area contributed by atoms with Gasteiger partial charge in [0.2, 0.25) is 5.88 Å². The van der Waals surface area contributed by atoms with Crippen LogP contribution in [0.4, 0.5) is 0 Å². The summed E-state index contributed by atoms with van der Waals surface area (Å²) in [4.78, 5) is 2.23. The highest BCUT2D eigenvalue weighted by Gasteiger charge is 2.17. The normalized spacial score (nSPS) is 11.4. The Bertz CT molecular complexity index is 877. The summed E-state index contributed by atoms with van der Waals surface area (Å²) in [6, 6.07) is 14.8. The van der Waals surface area contributed by atoms with Gasteiger partial charge in [-0.25, -0.2) is 0 Å². The van der Waals surface area contributed by atoms with Crippen LogP contribution in [0.3, 0.4) is 0 Å². The molecule has 0 saturated carbocycles. The third kappa shape index (κ3) is 3.57. The first-order valence-electron chi connectivity index (χ1n) is 8.94. The molecule has 0 N–H and O–H groups in total. The molecule has 0 spiro atoms. The molecule has 0 aliphatic heterocycles. The van der Waals surface area contributed by atoms with Crippen molar-refractivity contribution in [1.29, 1.82) is 0 Å². The topological polar surface area (TPSA) is 17.4 Å². The fourth-order valence-corrected chi connectivity index (χ4v) is 3.33. The van der Waals surface area contributed by atoms with E-state index in [1.807, 2.05) is 0 Å². The van der Waals surface area contributed by atoms with Gasteiger partial charge in [0.15, 0.2) is 0 Å². The van der Waals surface area contributed by atoms with E-state index >= 15 is 0 Å². The summed E-state index contributed by atoms with van der Waals surface area (Å²) >= 11 is 0. The lowest BCUT2D eigenvalue weighted by molar-refractivity contribution is 0.396. The van der Waals surface area contributed by atoms with Crippen LogP contribution in [-0.4, -0.2) is 30.1 Å². The lowest BCUT2D eigenvalue weighted by atomic mass is 10.1. The first-order chi connectivity index (χ1) is 12.0. The monoisotopic (exact) mass is 336 g/mol. The molecule has 3 aromatic rings. The van der Waals surface area contributed by atoms with E-state index in [1.165, 1.54) is 27.6 Å². The second-order valence-corrected chi connectivity index (χ2v) is 7.07. The maximum atomic E-state index is 6.44. The van der Waals surface area contributed by atoms with Crippen molar-refractivity contribution in [2.45, 2.75) is 26.7 Å². The van der Waals surface area contributed by atoms with Crippen LogP contribution in [-0.2, 0) is 13.5 Å². The molecule has 0 atom stereocenters. The number of aromatic nitrogens is 1. The lowest BCUT2D eigenvalue weighted by Crippen LogP contribution is -2.13. The summed E-state index contributed by atoms with van der Waals surface area (Å²) in [6.07, 6.45) is 2.13. The largest absolute Gasteiger partial charge is 0.440 e. The van der Waals surface area contributed by atoms with Crippen molar-refractivity contribution in [3.63, 3.8) is 0 Å². The van der Waals surface area contributed by atoms with Gasteiger partial charge in [-0.2, -0.15) is 0 Å². The maximum absolute atomic E-state index is 6.44. The first kappa shape index (κ1) is 17.6. The molecule has 0 fully saturated rings. The van der Waals surface area contributed by atoms with Gasteiger partial charge in [-0.1, -0.05) is 30.3 Å².